The lowest BCUT2D eigenvalue weighted by molar-refractivity contribution is 0.0826. The predicted octanol–water partition coefficient (Wildman–Crippen LogP) is 3.80. The van der Waals surface area contributed by atoms with Crippen molar-refractivity contribution in [3.63, 3.8) is 0 Å². The van der Waals surface area contributed by atoms with Gasteiger partial charge in [-0.2, -0.15) is 0 Å². The highest BCUT2D eigenvalue weighted by molar-refractivity contribution is 5.27. The van der Waals surface area contributed by atoms with Gasteiger partial charge < -0.3 is 14.0 Å². The van der Waals surface area contributed by atoms with Crippen molar-refractivity contribution >= 4 is 0 Å². The fourth-order valence-electron chi connectivity index (χ4n) is 4.56. The molecule has 1 fully saturated rings. The highest BCUT2D eigenvalue weighted by Gasteiger charge is 2.27. The highest BCUT2D eigenvalue weighted by atomic mass is 16.5. The molecule has 2 aromatic rings. The van der Waals surface area contributed by atoms with Crippen LogP contribution in [0.3, 0.4) is 0 Å². The maximum Gasteiger partial charge on any atom is 0.136 e. The smallest absolute Gasteiger partial charge is 0.136 e. The Kier molecular flexibility index (Phi) is 6.50. The molecule has 1 saturated heterocycles. The first-order valence-corrected chi connectivity index (χ1v) is 11.1. The summed E-state index contributed by atoms with van der Waals surface area (Å²) in [5.41, 5.74) is 1.33. The van der Waals surface area contributed by atoms with Crippen LogP contribution >= 0.6 is 0 Å². The van der Waals surface area contributed by atoms with Gasteiger partial charge in [0.05, 0.1) is 6.10 Å². The molecular formula is C23H34N4O2. The van der Waals surface area contributed by atoms with Crippen LogP contribution in [0.5, 0.6) is 5.75 Å². The molecule has 1 atom stereocenters. The molecule has 1 aromatic heterocycles. The van der Waals surface area contributed by atoms with E-state index in [9.17, 15) is 0 Å². The molecule has 2 aliphatic rings. The van der Waals surface area contributed by atoms with Crippen LogP contribution in [0.25, 0.3) is 0 Å². The van der Waals surface area contributed by atoms with E-state index in [1.807, 2.05) is 0 Å². The summed E-state index contributed by atoms with van der Waals surface area (Å²) < 4.78 is 13.7. The van der Waals surface area contributed by atoms with Crippen LogP contribution in [0.2, 0.25) is 0 Å². The molecule has 4 rings (SSSR count). The fourth-order valence-corrected chi connectivity index (χ4v) is 4.56. The Morgan fingerprint density at radius 3 is 2.59 bits per heavy atom. The third kappa shape index (κ3) is 4.98. The second-order valence-electron chi connectivity index (χ2n) is 8.72. The van der Waals surface area contributed by atoms with Gasteiger partial charge >= 0.3 is 0 Å². The summed E-state index contributed by atoms with van der Waals surface area (Å²) in [5, 5.41) is 9.10. The quantitative estimate of drug-likeness (QED) is 0.741. The molecule has 0 aliphatic carbocycles. The summed E-state index contributed by atoms with van der Waals surface area (Å²) in [4.78, 5) is 2.49. The lowest BCUT2D eigenvalue weighted by atomic mass is 9.99. The van der Waals surface area contributed by atoms with Crippen molar-refractivity contribution in [3.05, 3.63) is 41.5 Å². The zero-order chi connectivity index (χ0) is 20.2. The second-order valence-corrected chi connectivity index (χ2v) is 8.72. The number of fused-ring (bicyclic) bond motifs is 1. The first-order valence-electron chi connectivity index (χ1n) is 11.1. The summed E-state index contributed by atoms with van der Waals surface area (Å²) in [6.07, 6.45) is 5.63. The van der Waals surface area contributed by atoms with Crippen molar-refractivity contribution in [2.75, 3.05) is 20.3 Å². The van der Waals surface area contributed by atoms with Crippen LogP contribution in [0.15, 0.2) is 24.3 Å². The van der Waals surface area contributed by atoms with Gasteiger partial charge in [0, 0.05) is 44.7 Å². The van der Waals surface area contributed by atoms with Crippen molar-refractivity contribution in [2.24, 2.45) is 0 Å². The highest BCUT2D eigenvalue weighted by Crippen LogP contribution is 2.28. The Hall–Kier alpha value is -1.92. The van der Waals surface area contributed by atoms with Gasteiger partial charge in [-0.3, -0.25) is 4.90 Å². The van der Waals surface area contributed by atoms with Crippen LogP contribution in [0.1, 0.15) is 62.7 Å². The molecule has 29 heavy (non-hydrogen) atoms. The number of hydrogen-bond acceptors (Lipinski definition) is 5. The molecular weight excluding hydrogens is 364 g/mol. The zero-order valence-corrected chi connectivity index (χ0v) is 18.0. The normalized spacial score (nSPS) is 20.7. The molecule has 1 unspecified atom stereocenters. The van der Waals surface area contributed by atoms with Gasteiger partial charge in [-0.1, -0.05) is 12.1 Å². The van der Waals surface area contributed by atoms with E-state index < -0.39 is 0 Å². The van der Waals surface area contributed by atoms with Crippen LogP contribution in [0, 0.1) is 0 Å². The van der Waals surface area contributed by atoms with E-state index in [2.05, 4.69) is 64.8 Å². The zero-order valence-electron chi connectivity index (χ0n) is 18.0. The Labute approximate surface area is 174 Å². The Balaban J connectivity index is 1.36. The number of benzene rings is 1. The van der Waals surface area contributed by atoms with Gasteiger partial charge in [-0.05, 0) is 64.3 Å². The SMILES string of the molecule is CC(C)Oc1ccc(CN(C)C2CCc3nnc(C4CCOCC4)n3CC2)cc1. The third-order valence-corrected chi connectivity index (χ3v) is 6.18. The molecule has 0 N–H and O–H groups in total. The van der Waals surface area contributed by atoms with Gasteiger partial charge in [0.25, 0.3) is 0 Å². The maximum atomic E-state index is 5.76. The molecule has 3 heterocycles. The average molecular weight is 399 g/mol. The minimum absolute atomic E-state index is 0.210. The van der Waals surface area contributed by atoms with E-state index in [1.165, 1.54) is 11.4 Å². The Morgan fingerprint density at radius 2 is 1.86 bits per heavy atom. The fraction of sp³-hybridized carbons (Fsp3) is 0.652. The summed E-state index contributed by atoms with van der Waals surface area (Å²) >= 11 is 0. The molecule has 2 aliphatic heterocycles. The van der Waals surface area contributed by atoms with E-state index in [-0.39, 0.29) is 6.10 Å². The Bertz CT molecular complexity index is 781. The molecule has 6 nitrogen and oxygen atoms in total. The largest absolute Gasteiger partial charge is 0.491 e. The predicted molar refractivity (Wildman–Crippen MR) is 113 cm³/mol. The van der Waals surface area contributed by atoms with Gasteiger partial charge in [0.2, 0.25) is 0 Å². The van der Waals surface area contributed by atoms with E-state index in [1.54, 1.807) is 0 Å². The lowest BCUT2D eigenvalue weighted by Gasteiger charge is -2.27. The minimum atomic E-state index is 0.210. The van der Waals surface area contributed by atoms with E-state index >= 15 is 0 Å². The topological polar surface area (TPSA) is 52.4 Å². The van der Waals surface area contributed by atoms with Crippen molar-refractivity contribution in [2.45, 2.75) is 77.1 Å². The number of aromatic nitrogens is 3. The minimum Gasteiger partial charge on any atom is -0.491 e. The van der Waals surface area contributed by atoms with Crippen molar-refractivity contribution in [1.29, 1.82) is 0 Å². The van der Waals surface area contributed by atoms with Crippen LogP contribution in [-0.2, 0) is 24.2 Å². The second kappa shape index (κ2) is 9.26. The number of rotatable bonds is 6. The lowest BCUT2D eigenvalue weighted by Crippen LogP contribution is -2.31. The van der Waals surface area contributed by atoms with Gasteiger partial charge in [0.15, 0.2) is 0 Å². The average Bonchev–Trinajstić information content (AvgIpc) is 3.01. The van der Waals surface area contributed by atoms with E-state index in [0.29, 0.717) is 12.0 Å². The van der Waals surface area contributed by atoms with Gasteiger partial charge in [0.1, 0.15) is 17.4 Å². The van der Waals surface area contributed by atoms with Gasteiger partial charge in [-0.15, -0.1) is 10.2 Å². The molecule has 1 aromatic carbocycles. The Morgan fingerprint density at radius 1 is 1.10 bits per heavy atom. The molecule has 0 spiro atoms. The monoisotopic (exact) mass is 398 g/mol. The van der Waals surface area contributed by atoms with Crippen molar-refractivity contribution < 1.29 is 9.47 Å². The number of hydrogen-bond donors (Lipinski definition) is 0. The van der Waals surface area contributed by atoms with E-state index in [0.717, 1.165) is 70.0 Å². The maximum absolute atomic E-state index is 5.76. The number of nitrogens with zero attached hydrogens (tertiary/aromatic N) is 4. The molecule has 158 valence electrons. The van der Waals surface area contributed by atoms with Crippen molar-refractivity contribution in [3.8, 4) is 5.75 Å². The van der Waals surface area contributed by atoms with Crippen molar-refractivity contribution in [1.82, 2.24) is 19.7 Å². The summed E-state index contributed by atoms with van der Waals surface area (Å²) in [6.45, 7) is 7.78. The summed E-state index contributed by atoms with van der Waals surface area (Å²) in [7, 11) is 2.24. The van der Waals surface area contributed by atoms with Gasteiger partial charge in [-0.25, -0.2) is 0 Å². The molecule has 0 bridgehead atoms. The summed E-state index contributed by atoms with van der Waals surface area (Å²) in [6, 6.07) is 9.09. The number of aryl methyl sites for hydroxylation is 1. The third-order valence-electron chi connectivity index (χ3n) is 6.18. The first-order chi connectivity index (χ1) is 14.1. The first kappa shape index (κ1) is 20.4. The summed E-state index contributed by atoms with van der Waals surface area (Å²) in [5.74, 6) is 3.80. The molecule has 6 heteroatoms. The number of ether oxygens (including phenoxy) is 2. The van der Waals surface area contributed by atoms with Crippen LogP contribution < -0.4 is 4.74 Å². The standard InChI is InChI=1S/C23H34N4O2/c1-17(2)29-21-7-4-18(5-8-21)16-26(3)20-6-9-22-24-25-23(27(22)13-10-20)19-11-14-28-15-12-19/h4-5,7-8,17,19-20H,6,9-16H2,1-3H3. The molecule has 0 radical (unpaired) electrons. The van der Waals surface area contributed by atoms with Crippen LogP contribution in [0.4, 0.5) is 0 Å². The molecule has 0 amide bonds. The van der Waals surface area contributed by atoms with E-state index in [4.69, 9.17) is 9.47 Å². The van der Waals surface area contributed by atoms with Crippen LogP contribution in [-0.4, -0.2) is 52.1 Å². The molecule has 0 saturated carbocycles.